The molecule has 3 N–H and O–H groups in total. The van der Waals surface area contributed by atoms with Crippen LogP contribution in [0, 0.1) is 0 Å². The van der Waals surface area contributed by atoms with E-state index in [2.05, 4.69) is 12.6 Å². The molecule has 0 saturated heterocycles. The number of rotatable bonds is 2. The zero-order chi connectivity index (χ0) is 9.14. The van der Waals surface area contributed by atoms with Gasteiger partial charge in [-0.15, -0.1) is 0 Å². The van der Waals surface area contributed by atoms with E-state index in [0.717, 1.165) is 0 Å². The Morgan fingerprint density at radius 1 is 1.08 bits per heavy atom. The van der Waals surface area contributed by atoms with Gasteiger partial charge in [-0.05, 0) is 12.2 Å². The molecular formula is C8H10O3S. The van der Waals surface area contributed by atoms with Crippen molar-refractivity contribution in [2.24, 2.45) is 0 Å². The van der Waals surface area contributed by atoms with Crippen molar-refractivity contribution in [1.29, 1.82) is 0 Å². The highest BCUT2D eigenvalue weighted by atomic mass is 32.1. The van der Waals surface area contributed by atoms with Gasteiger partial charge in [0.1, 0.15) is 17.2 Å². The fourth-order valence-corrected chi connectivity index (χ4v) is 1.22. The topological polar surface area (TPSA) is 60.7 Å². The minimum absolute atomic E-state index is 0.0958. The Labute approximate surface area is 75.7 Å². The first-order valence-electron chi connectivity index (χ1n) is 3.50. The zero-order valence-electron chi connectivity index (χ0n) is 6.36. The molecule has 0 spiro atoms. The van der Waals surface area contributed by atoms with Crippen molar-refractivity contribution in [2.75, 3.05) is 5.75 Å². The third-order valence-corrected chi connectivity index (χ3v) is 1.77. The van der Waals surface area contributed by atoms with Crippen LogP contribution in [0.25, 0.3) is 0 Å². The predicted octanol–water partition coefficient (Wildman–Crippen LogP) is 1.28. The maximum absolute atomic E-state index is 9.25. The first kappa shape index (κ1) is 9.06. The normalized spacial score (nSPS) is 10.1. The summed E-state index contributed by atoms with van der Waals surface area (Å²) in [6.07, 6.45) is 0.473. The highest BCUT2D eigenvalue weighted by molar-refractivity contribution is 7.80. The van der Waals surface area contributed by atoms with Crippen LogP contribution in [0.5, 0.6) is 17.2 Å². The Bertz CT molecular complexity index is 263. The summed E-state index contributed by atoms with van der Waals surface area (Å²) < 4.78 is 0. The Balaban J connectivity index is 3.10. The fourth-order valence-electron chi connectivity index (χ4n) is 0.995. The third kappa shape index (κ3) is 1.76. The Morgan fingerprint density at radius 2 is 1.58 bits per heavy atom. The van der Waals surface area contributed by atoms with Crippen LogP contribution >= 0.6 is 12.6 Å². The van der Waals surface area contributed by atoms with Crippen LogP contribution in [-0.2, 0) is 6.42 Å². The lowest BCUT2D eigenvalue weighted by Gasteiger charge is -2.05. The smallest absolute Gasteiger partial charge is 0.126 e. The van der Waals surface area contributed by atoms with E-state index in [4.69, 9.17) is 5.11 Å². The van der Waals surface area contributed by atoms with Crippen LogP contribution in [0.1, 0.15) is 5.56 Å². The predicted molar refractivity (Wildman–Crippen MR) is 49.0 cm³/mol. The van der Waals surface area contributed by atoms with Gasteiger partial charge in [-0.2, -0.15) is 12.6 Å². The second kappa shape index (κ2) is 3.58. The molecule has 1 aromatic rings. The quantitative estimate of drug-likeness (QED) is 0.526. The summed E-state index contributed by atoms with van der Waals surface area (Å²) in [5, 5.41) is 27.4. The lowest BCUT2D eigenvalue weighted by molar-refractivity contribution is 0.420. The number of thiol groups is 1. The van der Waals surface area contributed by atoms with E-state index in [1.54, 1.807) is 0 Å². The van der Waals surface area contributed by atoms with Gasteiger partial charge >= 0.3 is 0 Å². The Kier molecular flexibility index (Phi) is 2.70. The van der Waals surface area contributed by atoms with E-state index < -0.39 is 0 Å². The molecule has 4 heteroatoms. The number of phenols is 3. The number of aromatic hydroxyl groups is 3. The monoisotopic (exact) mass is 186 g/mol. The van der Waals surface area contributed by atoms with Crippen LogP contribution < -0.4 is 0 Å². The molecular weight excluding hydrogens is 176 g/mol. The zero-order valence-corrected chi connectivity index (χ0v) is 7.25. The molecule has 3 nitrogen and oxygen atoms in total. The highest BCUT2D eigenvalue weighted by Crippen LogP contribution is 2.32. The first-order chi connectivity index (χ1) is 5.65. The molecule has 0 aliphatic heterocycles. The standard InChI is InChI=1S/C8H10O3S/c9-5-3-7(10)6(1-2-12)8(11)4-5/h3-4,9-12H,1-2H2. The van der Waals surface area contributed by atoms with Crippen LogP contribution in [0.4, 0.5) is 0 Å². The van der Waals surface area contributed by atoms with Gasteiger partial charge in [0, 0.05) is 17.7 Å². The summed E-state index contributed by atoms with van der Waals surface area (Å²) in [5.74, 6) is 0.197. The summed E-state index contributed by atoms with van der Waals surface area (Å²) >= 11 is 3.97. The van der Waals surface area contributed by atoms with Crippen molar-refractivity contribution in [3.05, 3.63) is 17.7 Å². The van der Waals surface area contributed by atoms with Gasteiger partial charge in [-0.1, -0.05) is 0 Å². The van der Waals surface area contributed by atoms with E-state index in [9.17, 15) is 10.2 Å². The molecule has 0 heterocycles. The van der Waals surface area contributed by atoms with E-state index in [0.29, 0.717) is 17.7 Å². The van der Waals surface area contributed by atoms with Crippen molar-refractivity contribution in [1.82, 2.24) is 0 Å². The molecule has 1 rings (SSSR count). The summed E-state index contributed by atoms with van der Waals surface area (Å²) in [6.45, 7) is 0. The van der Waals surface area contributed by atoms with Crippen molar-refractivity contribution >= 4 is 12.6 Å². The summed E-state index contributed by atoms with van der Waals surface area (Å²) in [4.78, 5) is 0. The van der Waals surface area contributed by atoms with Gasteiger partial charge in [0.2, 0.25) is 0 Å². The van der Waals surface area contributed by atoms with Gasteiger partial charge in [-0.25, -0.2) is 0 Å². The molecule has 0 bridgehead atoms. The number of benzene rings is 1. The van der Waals surface area contributed by atoms with Gasteiger partial charge in [0.15, 0.2) is 0 Å². The van der Waals surface area contributed by atoms with E-state index >= 15 is 0 Å². The Hall–Kier alpha value is -1.03. The molecule has 12 heavy (non-hydrogen) atoms. The van der Waals surface area contributed by atoms with E-state index in [1.807, 2.05) is 0 Å². The molecule has 0 aliphatic carbocycles. The summed E-state index contributed by atoms with van der Waals surface area (Å²) in [5.41, 5.74) is 0.419. The molecule has 0 aromatic heterocycles. The van der Waals surface area contributed by atoms with Crippen LogP contribution in [0.15, 0.2) is 12.1 Å². The second-order valence-electron chi connectivity index (χ2n) is 2.44. The molecule has 0 radical (unpaired) electrons. The number of hydrogen-bond donors (Lipinski definition) is 4. The SMILES string of the molecule is Oc1cc(O)c(CCS)c(O)c1. The van der Waals surface area contributed by atoms with E-state index in [-0.39, 0.29) is 17.2 Å². The van der Waals surface area contributed by atoms with Crippen molar-refractivity contribution < 1.29 is 15.3 Å². The Morgan fingerprint density at radius 3 is 2.00 bits per heavy atom. The van der Waals surface area contributed by atoms with Crippen molar-refractivity contribution in [2.45, 2.75) is 6.42 Å². The summed E-state index contributed by atoms with van der Waals surface area (Å²) in [7, 11) is 0. The minimum atomic E-state index is -0.145. The van der Waals surface area contributed by atoms with Crippen LogP contribution in [0.3, 0.4) is 0 Å². The number of phenolic OH excluding ortho intramolecular Hbond substituents is 3. The van der Waals surface area contributed by atoms with Crippen molar-refractivity contribution in [3.8, 4) is 17.2 Å². The molecule has 0 saturated carbocycles. The van der Waals surface area contributed by atoms with Gasteiger partial charge in [0.25, 0.3) is 0 Å². The third-order valence-electron chi connectivity index (χ3n) is 1.55. The lowest BCUT2D eigenvalue weighted by Crippen LogP contribution is -1.87. The highest BCUT2D eigenvalue weighted by Gasteiger charge is 2.07. The van der Waals surface area contributed by atoms with Crippen LogP contribution in [-0.4, -0.2) is 21.1 Å². The largest absolute Gasteiger partial charge is 0.508 e. The van der Waals surface area contributed by atoms with Crippen LogP contribution in [0.2, 0.25) is 0 Å². The average molecular weight is 186 g/mol. The maximum Gasteiger partial charge on any atom is 0.126 e. The second-order valence-corrected chi connectivity index (χ2v) is 2.88. The minimum Gasteiger partial charge on any atom is -0.508 e. The molecule has 66 valence electrons. The molecule has 0 aliphatic rings. The molecule has 0 atom stereocenters. The lowest BCUT2D eigenvalue weighted by atomic mass is 10.1. The van der Waals surface area contributed by atoms with Crippen molar-refractivity contribution in [3.63, 3.8) is 0 Å². The van der Waals surface area contributed by atoms with Gasteiger partial charge in [-0.3, -0.25) is 0 Å². The number of hydrogen-bond acceptors (Lipinski definition) is 4. The molecule has 1 aromatic carbocycles. The fraction of sp³-hybridized carbons (Fsp3) is 0.250. The average Bonchev–Trinajstić information content (AvgIpc) is 1.96. The molecule has 0 unspecified atom stereocenters. The molecule has 0 fully saturated rings. The summed E-state index contributed by atoms with van der Waals surface area (Å²) in [6, 6.07) is 2.39. The van der Waals surface area contributed by atoms with Gasteiger partial charge in [0.05, 0.1) is 0 Å². The molecule has 0 amide bonds. The maximum atomic E-state index is 9.25. The van der Waals surface area contributed by atoms with E-state index in [1.165, 1.54) is 12.1 Å². The first-order valence-corrected chi connectivity index (χ1v) is 4.13. The van der Waals surface area contributed by atoms with Gasteiger partial charge < -0.3 is 15.3 Å².